The van der Waals surface area contributed by atoms with Gasteiger partial charge in [0.25, 0.3) is 0 Å². The van der Waals surface area contributed by atoms with Gasteiger partial charge in [-0.2, -0.15) is 0 Å². The summed E-state index contributed by atoms with van der Waals surface area (Å²) in [6, 6.07) is 1.95. The summed E-state index contributed by atoms with van der Waals surface area (Å²) in [5.74, 6) is -2.21. The van der Waals surface area contributed by atoms with Crippen LogP contribution in [0.3, 0.4) is 0 Å². The van der Waals surface area contributed by atoms with Crippen LogP contribution >= 0.6 is 0 Å². The monoisotopic (exact) mass is 217 g/mol. The highest BCUT2D eigenvalue weighted by atomic mass is 19.2. The number of hydrogen-bond donors (Lipinski definition) is 2. The lowest BCUT2D eigenvalue weighted by Crippen LogP contribution is -2.17. The largest absolute Gasteiger partial charge is 0.496 e. The maximum absolute atomic E-state index is 13.0. The smallest absolute Gasteiger partial charge is 0.162 e. The van der Waals surface area contributed by atoms with E-state index in [9.17, 15) is 8.78 Å². The van der Waals surface area contributed by atoms with E-state index in [-0.39, 0.29) is 18.9 Å². The van der Waals surface area contributed by atoms with Crippen molar-refractivity contribution in [1.82, 2.24) is 0 Å². The van der Waals surface area contributed by atoms with Gasteiger partial charge in [-0.3, -0.25) is 0 Å². The molecule has 0 fully saturated rings. The molecule has 1 aromatic carbocycles. The molecule has 0 bridgehead atoms. The molecule has 1 aromatic rings. The Kier molecular flexibility index (Phi) is 3.99. The van der Waals surface area contributed by atoms with E-state index in [2.05, 4.69) is 0 Å². The predicted octanol–water partition coefficient (Wildman–Crippen LogP) is 1.01. The zero-order valence-electron chi connectivity index (χ0n) is 8.34. The Morgan fingerprint density at radius 2 is 2.00 bits per heavy atom. The van der Waals surface area contributed by atoms with Crippen LogP contribution in [0.2, 0.25) is 0 Å². The van der Waals surface area contributed by atoms with Gasteiger partial charge in [0.15, 0.2) is 11.6 Å². The van der Waals surface area contributed by atoms with Gasteiger partial charge in [-0.05, 0) is 6.07 Å². The minimum Gasteiger partial charge on any atom is -0.496 e. The summed E-state index contributed by atoms with van der Waals surface area (Å²) in [6.45, 7) is -0.101. The van der Waals surface area contributed by atoms with Gasteiger partial charge >= 0.3 is 0 Å². The van der Waals surface area contributed by atoms with Crippen LogP contribution in [0.5, 0.6) is 5.75 Å². The minimum atomic E-state index is -0.982. The molecular formula is C10H13F2NO2. The number of nitrogens with two attached hydrogens (primary N) is 1. The summed E-state index contributed by atoms with van der Waals surface area (Å²) in [6.07, 6.45) is 0. The number of benzene rings is 1. The zero-order valence-corrected chi connectivity index (χ0v) is 8.34. The quantitative estimate of drug-likeness (QED) is 0.791. The van der Waals surface area contributed by atoms with Crippen LogP contribution in [-0.2, 0) is 0 Å². The number of methoxy groups -OCH3 is 1. The molecule has 0 aromatic heterocycles. The summed E-state index contributed by atoms with van der Waals surface area (Å²) >= 11 is 0. The predicted molar refractivity (Wildman–Crippen MR) is 51.8 cm³/mol. The highest BCUT2D eigenvalue weighted by molar-refractivity contribution is 5.37. The SMILES string of the molecule is COc1cc(F)c(F)cc1C(CN)CO. The Balaban J connectivity index is 3.20. The number of hydrogen-bond acceptors (Lipinski definition) is 3. The Morgan fingerprint density at radius 3 is 2.47 bits per heavy atom. The van der Waals surface area contributed by atoms with Gasteiger partial charge in [-0.25, -0.2) is 8.78 Å². The Labute approximate surface area is 86.5 Å². The normalized spacial score (nSPS) is 12.6. The lowest BCUT2D eigenvalue weighted by Gasteiger charge is -2.16. The third-order valence-electron chi connectivity index (χ3n) is 2.22. The summed E-state index contributed by atoms with van der Waals surface area (Å²) < 4.78 is 30.7. The second-order valence-corrected chi connectivity index (χ2v) is 3.12. The number of rotatable bonds is 4. The van der Waals surface area contributed by atoms with Gasteiger partial charge in [0.1, 0.15) is 5.75 Å². The molecule has 0 spiro atoms. The van der Waals surface area contributed by atoms with Crippen LogP contribution in [0, 0.1) is 11.6 Å². The molecular weight excluding hydrogens is 204 g/mol. The van der Waals surface area contributed by atoms with E-state index in [1.54, 1.807) is 0 Å². The molecule has 0 aliphatic rings. The topological polar surface area (TPSA) is 55.5 Å². The van der Waals surface area contributed by atoms with E-state index in [1.807, 2.05) is 0 Å². The minimum absolute atomic E-state index is 0.137. The second-order valence-electron chi connectivity index (χ2n) is 3.12. The second kappa shape index (κ2) is 5.04. The number of halogens is 2. The molecule has 0 aliphatic heterocycles. The van der Waals surface area contributed by atoms with Crippen LogP contribution in [-0.4, -0.2) is 25.4 Å². The van der Waals surface area contributed by atoms with Gasteiger partial charge in [-0.15, -0.1) is 0 Å². The lowest BCUT2D eigenvalue weighted by molar-refractivity contribution is 0.263. The third-order valence-corrected chi connectivity index (χ3v) is 2.22. The summed E-state index contributed by atoms with van der Waals surface area (Å²) in [5.41, 5.74) is 5.77. The molecule has 1 rings (SSSR count). The number of aliphatic hydroxyl groups is 1. The highest BCUT2D eigenvalue weighted by Gasteiger charge is 2.17. The highest BCUT2D eigenvalue weighted by Crippen LogP contribution is 2.28. The van der Waals surface area contributed by atoms with Crippen LogP contribution in [0.1, 0.15) is 11.5 Å². The van der Waals surface area contributed by atoms with Crippen molar-refractivity contribution in [3.8, 4) is 5.75 Å². The third kappa shape index (κ3) is 2.43. The van der Waals surface area contributed by atoms with Crippen LogP contribution in [0.15, 0.2) is 12.1 Å². The Morgan fingerprint density at radius 1 is 1.40 bits per heavy atom. The van der Waals surface area contributed by atoms with E-state index >= 15 is 0 Å². The van der Waals surface area contributed by atoms with Gasteiger partial charge in [0.2, 0.25) is 0 Å². The molecule has 3 N–H and O–H groups in total. The van der Waals surface area contributed by atoms with Crippen molar-refractivity contribution in [2.75, 3.05) is 20.3 Å². The Hall–Kier alpha value is -1.20. The van der Waals surface area contributed by atoms with Crippen molar-refractivity contribution in [1.29, 1.82) is 0 Å². The molecule has 0 saturated heterocycles. The first-order chi connectivity index (χ1) is 7.13. The van der Waals surface area contributed by atoms with Crippen molar-refractivity contribution < 1.29 is 18.6 Å². The fraction of sp³-hybridized carbons (Fsp3) is 0.400. The van der Waals surface area contributed by atoms with Crippen molar-refractivity contribution in [3.63, 3.8) is 0 Å². The molecule has 84 valence electrons. The average molecular weight is 217 g/mol. The van der Waals surface area contributed by atoms with Crippen molar-refractivity contribution in [2.45, 2.75) is 5.92 Å². The van der Waals surface area contributed by atoms with Gasteiger partial charge in [0, 0.05) is 24.1 Å². The molecule has 15 heavy (non-hydrogen) atoms. The first kappa shape index (κ1) is 11.9. The zero-order chi connectivity index (χ0) is 11.4. The summed E-state index contributed by atoms with van der Waals surface area (Å²) in [4.78, 5) is 0. The molecule has 1 atom stereocenters. The van der Waals surface area contributed by atoms with Crippen molar-refractivity contribution >= 4 is 0 Å². The standard InChI is InChI=1S/C10H13F2NO2/c1-15-10-3-9(12)8(11)2-7(10)6(4-13)5-14/h2-3,6,14H,4-5,13H2,1H3. The van der Waals surface area contributed by atoms with E-state index in [1.165, 1.54) is 7.11 Å². The van der Waals surface area contributed by atoms with Crippen LogP contribution < -0.4 is 10.5 Å². The van der Waals surface area contributed by atoms with E-state index in [4.69, 9.17) is 15.6 Å². The molecule has 5 heteroatoms. The fourth-order valence-electron chi connectivity index (χ4n) is 1.34. The maximum atomic E-state index is 13.0. The van der Waals surface area contributed by atoms with Crippen LogP contribution in [0.25, 0.3) is 0 Å². The van der Waals surface area contributed by atoms with Crippen molar-refractivity contribution in [3.05, 3.63) is 29.3 Å². The molecule has 0 heterocycles. The molecule has 0 amide bonds. The van der Waals surface area contributed by atoms with Gasteiger partial charge in [-0.1, -0.05) is 0 Å². The first-order valence-corrected chi connectivity index (χ1v) is 4.47. The summed E-state index contributed by atoms with van der Waals surface area (Å²) in [5, 5.41) is 9.01. The molecule has 0 aliphatic carbocycles. The molecule has 1 unspecified atom stereocenters. The van der Waals surface area contributed by atoms with Gasteiger partial charge < -0.3 is 15.6 Å². The van der Waals surface area contributed by atoms with Crippen LogP contribution in [0.4, 0.5) is 8.78 Å². The van der Waals surface area contributed by atoms with E-state index < -0.39 is 17.6 Å². The first-order valence-electron chi connectivity index (χ1n) is 4.47. The molecule has 3 nitrogen and oxygen atoms in total. The van der Waals surface area contributed by atoms with Gasteiger partial charge in [0.05, 0.1) is 13.7 Å². The number of ether oxygens (including phenoxy) is 1. The average Bonchev–Trinajstić information content (AvgIpc) is 2.24. The summed E-state index contributed by atoms with van der Waals surface area (Å²) in [7, 11) is 1.35. The van der Waals surface area contributed by atoms with E-state index in [0.717, 1.165) is 12.1 Å². The molecule has 0 saturated carbocycles. The fourth-order valence-corrected chi connectivity index (χ4v) is 1.34. The Bertz CT molecular complexity index is 340. The van der Waals surface area contributed by atoms with E-state index in [0.29, 0.717) is 5.56 Å². The maximum Gasteiger partial charge on any atom is 0.162 e. The lowest BCUT2D eigenvalue weighted by atomic mass is 9.99. The number of aliphatic hydroxyl groups excluding tert-OH is 1. The molecule has 0 radical (unpaired) electrons. The van der Waals surface area contributed by atoms with Crippen molar-refractivity contribution in [2.24, 2.45) is 5.73 Å².